The third kappa shape index (κ3) is 6.19. The summed E-state index contributed by atoms with van der Waals surface area (Å²) in [7, 11) is 0. The molecule has 0 atom stereocenters. The number of hydrogen-bond acceptors (Lipinski definition) is 5. The second-order valence-corrected chi connectivity index (χ2v) is 9.08. The van der Waals surface area contributed by atoms with Gasteiger partial charge in [0.05, 0.1) is 16.5 Å². The summed E-state index contributed by atoms with van der Waals surface area (Å²) >= 11 is 19.5. The van der Waals surface area contributed by atoms with Crippen molar-refractivity contribution in [2.45, 2.75) is 32.2 Å². The smallest absolute Gasteiger partial charge is 0.234 e. The van der Waals surface area contributed by atoms with E-state index in [1.165, 1.54) is 11.8 Å². The van der Waals surface area contributed by atoms with Crippen LogP contribution < -0.4 is 10.1 Å². The number of benzene rings is 2. The Morgan fingerprint density at radius 1 is 1.19 bits per heavy atom. The van der Waals surface area contributed by atoms with Crippen LogP contribution >= 0.6 is 46.6 Å². The van der Waals surface area contributed by atoms with Gasteiger partial charge in [0, 0.05) is 16.6 Å². The Hall–Kier alpha value is -2.19. The molecule has 3 aromatic rings. The molecular formula is C22H21Cl3N4O2S. The standard InChI is InChI=1S/C22H21Cl3N4O2S/c1-4-7-29-19(11-31-16-8-13(2)21(25)14(3)9-16)27-28-22(29)32-12-20(30)26-18-10-15(23)5-6-17(18)24/h4-6,8-10H,1,7,11-12H2,2-3H3,(H,26,30). The summed E-state index contributed by atoms with van der Waals surface area (Å²) < 4.78 is 7.76. The maximum atomic E-state index is 12.4. The molecule has 0 radical (unpaired) electrons. The van der Waals surface area contributed by atoms with Gasteiger partial charge in [-0.3, -0.25) is 9.36 Å². The molecule has 0 unspecified atom stereocenters. The first-order chi connectivity index (χ1) is 15.3. The van der Waals surface area contributed by atoms with E-state index in [0.29, 0.717) is 39.0 Å². The number of thioether (sulfide) groups is 1. The van der Waals surface area contributed by atoms with Gasteiger partial charge in [-0.25, -0.2) is 0 Å². The fourth-order valence-corrected chi connectivity index (χ4v) is 4.10. The first-order valence-electron chi connectivity index (χ1n) is 9.58. The van der Waals surface area contributed by atoms with Gasteiger partial charge >= 0.3 is 0 Å². The Morgan fingerprint density at radius 2 is 1.91 bits per heavy atom. The topological polar surface area (TPSA) is 69.0 Å². The lowest BCUT2D eigenvalue weighted by molar-refractivity contribution is -0.113. The van der Waals surface area contributed by atoms with Crippen molar-refractivity contribution >= 4 is 58.2 Å². The van der Waals surface area contributed by atoms with E-state index in [1.54, 1.807) is 24.3 Å². The lowest BCUT2D eigenvalue weighted by atomic mass is 10.1. The van der Waals surface area contributed by atoms with E-state index >= 15 is 0 Å². The third-order valence-corrected chi connectivity index (χ3v) is 6.55. The summed E-state index contributed by atoms with van der Waals surface area (Å²) in [5.74, 6) is 1.20. The highest BCUT2D eigenvalue weighted by molar-refractivity contribution is 7.99. The van der Waals surface area contributed by atoms with E-state index < -0.39 is 0 Å². The molecule has 0 aliphatic heterocycles. The van der Waals surface area contributed by atoms with Crippen molar-refractivity contribution in [1.29, 1.82) is 0 Å². The first-order valence-corrected chi connectivity index (χ1v) is 11.7. The Bertz CT molecular complexity index is 1130. The molecule has 1 amide bonds. The lowest BCUT2D eigenvalue weighted by Gasteiger charge is -2.11. The molecule has 1 heterocycles. The quantitative estimate of drug-likeness (QED) is 0.268. The molecule has 1 N–H and O–H groups in total. The molecule has 1 aromatic heterocycles. The molecule has 0 spiro atoms. The molecule has 10 heteroatoms. The van der Waals surface area contributed by atoms with Gasteiger partial charge in [0.15, 0.2) is 11.0 Å². The van der Waals surface area contributed by atoms with Crippen LogP contribution in [-0.4, -0.2) is 26.4 Å². The summed E-state index contributed by atoms with van der Waals surface area (Å²) in [4.78, 5) is 12.4. The Morgan fingerprint density at radius 3 is 2.59 bits per heavy atom. The highest BCUT2D eigenvalue weighted by Gasteiger charge is 2.15. The van der Waals surface area contributed by atoms with Crippen molar-refractivity contribution < 1.29 is 9.53 Å². The van der Waals surface area contributed by atoms with Gasteiger partial charge in [-0.15, -0.1) is 16.8 Å². The Balaban J connectivity index is 1.65. The van der Waals surface area contributed by atoms with Gasteiger partial charge < -0.3 is 10.1 Å². The SMILES string of the molecule is C=CCn1c(COc2cc(C)c(Cl)c(C)c2)nnc1SCC(=O)Nc1cc(Cl)ccc1Cl. The Kier molecular flexibility index (Phi) is 8.48. The highest BCUT2D eigenvalue weighted by atomic mass is 35.5. The molecule has 0 saturated carbocycles. The number of hydrogen-bond donors (Lipinski definition) is 1. The van der Waals surface area contributed by atoms with Crippen LogP contribution in [0.1, 0.15) is 17.0 Å². The normalized spacial score (nSPS) is 10.8. The summed E-state index contributed by atoms with van der Waals surface area (Å²) in [5.41, 5.74) is 2.34. The molecule has 32 heavy (non-hydrogen) atoms. The Labute approximate surface area is 205 Å². The molecule has 3 rings (SSSR count). The van der Waals surface area contributed by atoms with Crippen molar-refractivity contribution in [1.82, 2.24) is 14.8 Å². The fraction of sp³-hybridized carbons (Fsp3) is 0.227. The van der Waals surface area contributed by atoms with Gasteiger partial charge in [0.25, 0.3) is 0 Å². The van der Waals surface area contributed by atoms with Crippen molar-refractivity contribution in [3.05, 3.63) is 75.0 Å². The minimum Gasteiger partial charge on any atom is -0.486 e. The van der Waals surface area contributed by atoms with Crippen LogP contribution in [0.3, 0.4) is 0 Å². The molecule has 6 nitrogen and oxygen atoms in total. The maximum absolute atomic E-state index is 12.4. The number of amides is 1. The van der Waals surface area contributed by atoms with Crippen molar-refractivity contribution in [2.75, 3.05) is 11.1 Å². The van der Waals surface area contributed by atoms with Crippen LogP contribution in [0.2, 0.25) is 15.1 Å². The van der Waals surface area contributed by atoms with Gasteiger partial charge in [0.2, 0.25) is 5.91 Å². The zero-order valence-electron chi connectivity index (χ0n) is 17.5. The molecule has 0 fully saturated rings. The van der Waals surface area contributed by atoms with Crippen LogP contribution in [-0.2, 0) is 17.9 Å². The number of carbonyl (C=O) groups is 1. The average molecular weight is 512 g/mol. The summed E-state index contributed by atoms with van der Waals surface area (Å²) in [6, 6.07) is 8.64. The zero-order chi connectivity index (χ0) is 23.3. The highest BCUT2D eigenvalue weighted by Crippen LogP contribution is 2.28. The monoisotopic (exact) mass is 510 g/mol. The van der Waals surface area contributed by atoms with Gasteiger partial charge in [-0.1, -0.05) is 52.6 Å². The van der Waals surface area contributed by atoms with Crippen LogP contribution in [0.4, 0.5) is 5.69 Å². The van der Waals surface area contributed by atoms with Crippen LogP contribution in [0, 0.1) is 13.8 Å². The number of nitrogens with zero attached hydrogens (tertiary/aromatic N) is 3. The van der Waals surface area contributed by atoms with Gasteiger partial charge in [0.1, 0.15) is 12.4 Å². The molecule has 0 saturated heterocycles. The van der Waals surface area contributed by atoms with Gasteiger partial charge in [-0.05, 0) is 55.3 Å². The van der Waals surface area contributed by atoms with Crippen LogP contribution in [0.25, 0.3) is 0 Å². The fourth-order valence-electron chi connectivity index (χ4n) is 2.89. The van der Waals surface area contributed by atoms with E-state index in [1.807, 2.05) is 30.5 Å². The molecule has 0 bridgehead atoms. The molecule has 2 aromatic carbocycles. The van der Waals surface area contributed by atoms with Crippen molar-refractivity contribution in [3.8, 4) is 5.75 Å². The summed E-state index contributed by atoms with van der Waals surface area (Å²) in [5, 5.41) is 13.4. The molecule has 0 aliphatic rings. The second-order valence-electron chi connectivity index (χ2n) is 6.92. The minimum absolute atomic E-state index is 0.120. The number of ether oxygens (including phenoxy) is 1. The summed E-state index contributed by atoms with van der Waals surface area (Å²) in [6.07, 6.45) is 1.74. The van der Waals surface area contributed by atoms with E-state index in [9.17, 15) is 4.79 Å². The van der Waals surface area contributed by atoms with Crippen LogP contribution in [0.5, 0.6) is 5.75 Å². The van der Waals surface area contributed by atoms with Crippen molar-refractivity contribution in [2.24, 2.45) is 0 Å². The number of nitrogens with one attached hydrogen (secondary N) is 1. The largest absolute Gasteiger partial charge is 0.486 e. The number of aromatic nitrogens is 3. The predicted octanol–water partition coefficient (Wildman–Crippen LogP) is 6.35. The molecule has 0 aliphatic carbocycles. The average Bonchev–Trinajstić information content (AvgIpc) is 3.13. The van der Waals surface area contributed by atoms with E-state index in [2.05, 4.69) is 22.1 Å². The maximum Gasteiger partial charge on any atom is 0.234 e. The van der Waals surface area contributed by atoms with Crippen LogP contribution in [0.15, 0.2) is 48.1 Å². The molecule has 168 valence electrons. The van der Waals surface area contributed by atoms with Gasteiger partial charge in [-0.2, -0.15) is 0 Å². The first kappa shape index (κ1) is 24.5. The van der Waals surface area contributed by atoms with Crippen molar-refractivity contribution in [3.63, 3.8) is 0 Å². The number of anilines is 1. The number of halogens is 3. The number of aryl methyl sites for hydroxylation is 2. The number of allylic oxidation sites excluding steroid dienone is 1. The van der Waals surface area contributed by atoms with E-state index in [4.69, 9.17) is 39.5 Å². The number of carbonyl (C=O) groups excluding carboxylic acids is 1. The number of rotatable bonds is 9. The second kappa shape index (κ2) is 11.1. The van der Waals surface area contributed by atoms with E-state index in [0.717, 1.165) is 16.1 Å². The lowest BCUT2D eigenvalue weighted by Crippen LogP contribution is -2.15. The minimum atomic E-state index is -0.239. The summed E-state index contributed by atoms with van der Waals surface area (Å²) in [6.45, 7) is 8.34. The zero-order valence-corrected chi connectivity index (χ0v) is 20.6. The van der Waals surface area contributed by atoms with E-state index in [-0.39, 0.29) is 18.3 Å². The molecular weight excluding hydrogens is 491 g/mol. The predicted molar refractivity (Wildman–Crippen MR) is 131 cm³/mol. The third-order valence-electron chi connectivity index (χ3n) is 4.42.